The summed E-state index contributed by atoms with van der Waals surface area (Å²) in [7, 11) is 0. The molecule has 2 unspecified atom stereocenters. The fourth-order valence-electron chi connectivity index (χ4n) is 2.02. The molecule has 2 N–H and O–H groups in total. The Hall–Kier alpha value is -3.26. The molecule has 0 amide bonds. The van der Waals surface area contributed by atoms with Crippen LogP contribution in [0.4, 0.5) is 0 Å². The maximum Gasteiger partial charge on any atom is 0.328 e. The number of phenolic OH excluding ortho intramolecular Hbond substituents is 2. The van der Waals surface area contributed by atoms with Crippen LogP contribution in [-0.4, -0.2) is 35.4 Å². The Labute approximate surface area is 138 Å². The molecule has 0 spiro atoms. The average molecular weight is 332 g/mol. The number of ether oxygens (including phenoxy) is 2. The molecule has 0 bridgehead atoms. The van der Waals surface area contributed by atoms with Gasteiger partial charge in [0, 0.05) is 11.1 Å². The number of nitrogens with zero attached hydrogens (tertiary/aromatic N) is 2. The van der Waals surface area contributed by atoms with Crippen LogP contribution in [0.15, 0.2) is 12.1 Å². The van der Waals surface area contributed by atoms with E-state index >= 15 is 0 Å². The van der Waals surface area contributed by atoms with Gasteiger partial charge in [0.2, 0.25) is 0 Å². The first kappa shape index (κ1) is 18.8. The molecule has 0 radical (unpaired) electrons. The lowest BCUT2D eigenvalue weighted by molar-refractivity contribution is -0.144. The topological polar surface area (TPSA) is 141 Å². The smallest absolute Gasteiger partial charge is 0.328 e. The lowest BCUT2D eigenvalue weighted by atomic mass is 9.93. The molecule has 0 heterocycles. The number of carbonyl (C=O) groups is 2. The summed E-state index contributed by atoms with van der Waals surface area (Å²) in [5.74, 6) is -5.71. The summed E-state index contributed by atoms with van der Waals surface area (Å²) < 4.78 is 9.47. The van der Waals surface area contributed by atoms with E-state index < -0.39 is 35.3 Å². The summed E-state index contributed by atoms with van der Waals surface area (Å²) in [6.45, 7) is 3.20. The average Bonchev–Trinajstić information content (AvgIpc) is 2.53. The second-order valence-electron chi connectivity index (χ2n) is 4.60. The van der Waals surface area contributed by atoms with Crippen LogP contribution in [0.5, 0.6) is 11.5 Å². The second-order valence-corrected chi connectivity index (χ2v) is 4.60. The Kier molecular flexibility index (Phi) is 6.57. The number of benzene rings is 1. The van der Waals surface area contributed by atoms with Crippen molar-refractivity contribution in [2.45, 2.75) is 25.7 Å². The Bertz CT molecular complexity index is 655. The minimum absolute atomic E-state index is 0.0429. The van der Waals surface area contributed by atoms with E-state index in [1.165, 1.54) is 0 Å². The highest BCUT2D eigenvalue weighted by molar-refractivity contribution is 5.85. The Morgan fingerprint density at radius 2 is 1.29 bits per heavy atom. The number of carbonyl (C=O) groups excluding carboxylic acids is 2. The van der Waals surface area contributed by atoms with Crippen molar-refractivity contribution in [3.8, 4) is 23.6 Å². The molecule has 0 aromatic heterocycles. The molecule has 0 saturated heterocycles. The molecule has 1 aromatic carbocycles. The summed E-state index contributed by atoms with van der Waals surface area (Å²) in [5, 5.41) is 38.3. The van der Waals surface area contributed by atoms with Gasteiger partial charge in [0.15, 0.2) is 11.8 Å². The monoisotopic (exact) mass is 332 g/mol. The van der Waals surface area contributed by atoms with Gasteiger partial charge in [-0.25, -0.2) is 0 Å². The summed E-state index contributed by atoms with van der Waals surface area (Å²) in [5.41, 5.74) is -0.365. The van der Waals surface area contributed by atoms with Crippen LogP contribution >= 0.6 is 0 Å². The van der Waals surface area contributed by atoms with E-state index in [4.69, 9.17) is 20.0 Å². The molecule has 126 valence electrons. The van der Waals surface area contributed by atoms with Crippen molar-refractivity contribution < 1.29 is 29.3 Å². The molecular formula is C16H16N2O6. The molecule has 0 saturated carbocycles. The van der Waals surface area contributed by atoms with Gasteiger partial charge in [-0.2, -0.15) is 10.5 Å². The zero-order valence-corrected chi connectivity index (χ0v) is 13.1. The number of esters is 2. The van der Waals surface area contributed by atoms with E-state index in [1.54, 1.807) is 26.0 Å². The van der Waals surface area contributed by atoms with E-state index in [0.717, 1.165) is 12.1 Å². The van der Waals surface area contributed by atoms with Crippen LogP contribution in [-0.2, 0) is 19.1 Å². The van der Waals surface area contributed by atoms with E-state index in [2.05, 4.69) is 0 Å². The number of hydrogen-bond acceptors (Lipinski definition) is 8. The van der Waals surface area contributed by atoms with Crippen LogP contribution in [0.2, 0.25) is 0 Å². The van der Waals surface area contributed by atoms with Crippen LogP contribution in [0.1, 0.15) is 36.8 Å². The van der Waals surface area contributed by atoms with E-state index in [9.17, 15) is 19.8 Å². The summed E-state index contributed by atoms with van der Waals surface area (Å²) in [6.07, 6.45) is 0. The lowest BCUT2D eigenvalue weighted by Crippen LogP contribution is -2.16. The van der Waals surface area contributed by atoms with Crippen LogP contribution < -0.4 is 0 Å². The zero-order chi connectivity index (χ0) is 18.3. The van der Waals surface area contributed by atoms with Crippen molar-refractivity contribution in [1.29, 1.82) is 10.5 Å². The molecule has 1 rings (SSSR count). The number of nitriles is 2. The van der Waals surface area contributed by atoms with Gasteiger partial charge in [-0.1, -0.05) is 0 Å². The quantitative estimate of drug-likeness (QED) is 0.589. The molecule has 1 aromatic rings. The third-order valence-electron chi connectivity index (χ3n) is 3.10. The molecule has 0 fully saturated rings. The Morgan fingerprint density at radius 1 is 0.958 bits per heavy atom. The van der Waals surface area contributed by atoms with Gasteiger partial charge in [-0.05, 0) is 26.0 Å². The van der Waals surface area contributed by atoms with Crippen molar-refractivity contribution >= 4 is 11.9 Å². The maximum absolute atomic E-state index is 11.7. The molecule has 8 heteroatoms. The normalized spacial score (nSPS) is 12.3. The van der Waals surface area contributed by atoms with Gasteiger partial charge < -0.3 is 19.7 Å². The van der Waals surface area contributed by atoms with Gasteiger partial charge in [0.1, 0.15) is 11.5 Å². The first-order valence-corrected chi connectivity index (χ1v) is 7.09. The minimum atomic E-state index is -1.45. The molecule has 0 aliphatic heterocycles. The first-order chi connectivity index (χ1) is 11.4. The highest BCUT2D eigenvalue weighted by atomic mass is 16.5. The van der Waals surface area contributed by atoms with Crippen molar-refractivity contribution in [2.75, 3.05) is 13.2 Å². The van der Waals surface area contributed by atoms with Gasteiger partial charge in [-0.15, -0.1) is 0 Å². The van der Waals surface area contributed by atoms with E-state index in [-0.39, 0.29) is 24.3 Å². The largest absolute Gasteiger partial charge is 0.508 e. The lowest BCUT2D eigenvalue weighted by Gasteiger charge is -2.15. The molecule has 24 heavy (non-hydrogen) atoms. The minimum Gasteiger partial charge on any atom is -0.508 e. The molecule has 2 atom stereocenters. The fourth-order valence-corrected chi connectivity index (χ4v) is 2.02. The van der Waals surface area contributed by atoms with Crippen molar-refractivity contribution in [2.24, 2.45) is 0 Å². The SMILES string of the molecule is CCOC(=O)C(C#N)c1cc(O)c(C(C#N)C(=O)OCC)cc1O. The van der Waals surface area contributed by atoms with Gasteiger partial charge in [0.05, 0.1) is 25.4 Å². The first-order valence-electron chi connectivity index (χ1n) is 7.09. The second kappa shape index (κ2) is 8.39. The fraction of sp³-hybridized carbons (Fsp3) is 0.375. The molecule has 8 nitrogen and oxygen atoms in total. The van der Waals surface area contributed by atoms with Crippen molar-refractivity contribution in [3.63, 3.8) is 0 Å². The number of rotatable bonds is 6. The maximum atomic E-state index is 11.7. The third-order valence-corrected chi connectivity index (χ3v) is 3.10. The number of aromatic hydroxyl groups is 2. The number of hydrogen-bond donors (Lipinski definition) is 2. The molecule has 0 aliphatic carbocycles. The van der Waals surface area contributed by atoms with Crippen LogP contribution in [0, 0.1) is 22.7 Å². The van der Waals surface area contributed by atoms with Crippen molar-refractivity contribution in [1.82, 2.24) is 0 Å². The van der Waals surface area contributed by atoms with Gasteiger partial charge in [-0.3, -0.25) is 9.59 Å². The highest BCUT2D eigenvalue weighted by Crippen LogP contribution is 2.36. The van der Waals surface area contributed by atoms with Crippen molar-refractivity contribution in [3.05, 3.63) is 23.3 Å². The van der Waals surface area contributed by atoms with Gasteiger partial charge >= 0.3 is 11.9 Å². The standard InChI is InChI=1S/C16H16N2O6/c1-3-23-15(21)11(7-17)9-5-14(20)10(6-13(9)19)12(8-18)16(22)24-4-2/h5-6,11-12,19-20H,3-4H2,1-2H3. The number of phenols is 2. The predicted molar refractivity (Wildman–Crippen MR) is 79.7 cm³/mol. The summed E-state index contributed by atoms with van der Waals surface area (Å²) in [4.78, 5) is 23.5. The Morgan fingerprint density at radius 3 is 1.54 bits per heavy atom. The molecular weight excluding hydrogens is 316 g/mol. The van der Waals surface area contributed by atoms with Gasteiger partial charge in [0.25, 0.3) is 0 Å². The Balaban J connectivity index is 3.32. The highest BCUT2D eigenvalue weighted by Gasteiger charge is 2.30. The van der Waals surface area contributed by atoms with Crippen LogP contribution in [0.25, 0.3) is 0 Å². The predicted octanol–water partition coefficient (Wildman–Crippen LogP) is 1.44. The van der Waals surface area contributed by atoms with Crippen LogP contribution in [0.3, 0.4) is 0 Å². The zero-order valence-electron chi connectivity index (χ0n) is 13.1. The van der Waals surface area contributed by atoms with E-state index in [0.29, 0.717) is 0 Å². The van der Waals surface area contributed by atoms with E-state index in [1.807, 2.05) is 0 Å². The third kappa shape index (κ3) is 3.93. The molecule has 0 aliphatic rings. The summed E-state index contributed by atoms with van der Waals surface area (Å²) in [6, 6.07) is 5.26. The summed E-state index contributed by atoms with van der Waals surface area (Å²) >= 11 is 0.